The predicted octanol–water partition coefficient (Wildman–Crippen LogP) is 4.68. The molecule has 7 nitrogen and oxygen atoms in total. The molecule has 2 aliphatic heterocycles. The molecule has 0 spiro atoms. The van der Waals surface area contributed by atoms with E-state index in [1.54, 1.807) is 31.4 Å². The van der Waals surface area contributed by atoms with Gasteiger partial charge in [-0.3, -0.25) is 9.69 Å². The normalized spacial score (nSPS) is 20.7. The van der Waals surface area contributed by atoms with Crippen LogP contribution in [0.3, 0.4) is 0 Å². The Bertz CT molecular complexity index is 1320. The van der Waals surface area contributed by atoms with Crippen molar-refractivity contribution < 1.29 is 24.2 Å². The summed E-state index contributed by atoms with van der Waals surface area (Å²) in [4.78, 5) is 25.6. The van der Waals surface area contributed by atoms with Crippen LogP contribution >= 0.6 is 11.8 Å². The number of hydrogen-bond acceptors (Lipinski definition) is 7. The lowest BCUT2D eigenvalue weighted by molar-refractivity contribution is -0.150. The van der Waals surface area contributed by atoms with Gasteiger partial charge in [-0.05, 0) is 73.3 Å². The number of likely N-dealkylation sites (tertiary alicyclic amines) is 1. The van der Waals surface area contributed by atoms with Crippen LogP contribution < -0.4 is 10.1 Å². The Morgan fingerprint density at radius 1 is 1.05 bits per heavy atom. The molecule has 198 valence electrons. The first-order valence-electron chi connectivity index (χ1n) is 12.8. The van der Waals surface area contributed by atoms with Gasteiger partial charge >= 0.3 is 11.9 Å². The van der Waals surface area contributed by atoms with Gasteiger partial charge in [-0.15, -0.1) is 0 Å². The van der Waals surface area contributed by atoms with Crippen molar-refractivity contribution in [3.8, 4) is 5.75 Å². The van der Waals surface area contributed by atoms with Crippen molar-refractivity contribution >= 4 is 29.3 Å². The third-order valence-corrected chi connectivity index (χ3v) is 8.77. The summed E-state index contributed by atoms with van der Waals surface area (Å²) >= 11 is 1.44. The van der Waals surface area contributed by atoms with Crippen molar-refractivity contribution in [3.05, 3.63) is 89.0 Å². The van der Waals surface area contributed by atoms with E-state index >= 15 is 0 Å². The maximum Gasteiger partial charge on any atom is 0.396 e. The number of rotatable bonds is 7. The van der Waals surface area contributed by atoms with Gasteiger partial charge in [0.05, 0.1) is 14.2 Å². The molecule has 1 amide bonds. The van der Waals surface area contributed by atoms with Crippen LogP contribution in [-0.4, -0.2) is 49.2 Å². The number of fused-ring (bicyclic) bond motifs is 1. The third kappa shape index (κ3) is 5.29. The lowest BCUT2D eigenvalue weighted by Gasteiger charge is -2.30. The number of nitrogens with one attached hydrogen (secondary N) is 1. The minimum absolute atomic E-state index is 0.201. The van der Waals surface area contributed by atoms with E-state index in [1.807, 2.05) is 18.2 Å². The van der Waals surface area contributed by atoms with E-state index in [2.05, 4.69) is 39.2 Å². The number of carbonyl (C=O) groups excluding carboxylic acids is 2. The molecule has 1 fully saturated rings. The second-order valence-electron chi connectivity index (χ2n) is 9.75. The molecular formula is C30H32N2O5S. The fourth-order valence-electron chi connectivity index (χ4n) is 5.35. The Hall–Kier alpha value is -3.33. The lowest BCUT2D eigenvalue weighted by Crippen LogP contribution is -2.28. The van der Waals surface area contributed by atoms with Crippen molar-refractivity contribution in [1.82, 2.24) is 4.90 Å². The number of ether oxygens (including phenoxy) is 2. The number of benzene rings is 3. The minimum Gasteiger partial charge on any atom is -0.496 e. The highest BCUT2D eigenvalue weighted by Crippen LogP contribution is 2.58. The zero-order valence-corrected chi connectivity index (χ0v) is 22.4. The standard InChI is InChI=1S/C30H32N2O5S/c1-36-26-18-20(9-10-21(26)19-32-15-5-6-16-32)17-25-24-7-3-4-8-27(24)38-30(25,35)22-11-13-23(14-12-22)31-28(33)29(34)37-2/h3-4,7-14,18,25,35H,5-6,15-17,19H2,1-2H3,(H,31,33). The van der Waals surface area contributed by atoms with Gasteiger partial charge in [-0.1, -0.05) is 54.2 Å². The summed E-state index contributed by atoms with van der Waals surface area (Å²) in [6.07, 6.45) is 3.12. The van der Waals surface area contributed by atoms with Gasteiger partial charge < -0.3 is 19.9 Å². The molecule has 0 radical (unpaired) electrons. The fourth-order valence-corrected chi connectivity index (χ4v) is 6.77. The summed E-state index contributed by atoms with van der Waals surface area (Å²) < 4.78 is 10.2. The summed E-state index contributed by atoms with van der Waals surface area (Å²) in [5.41, 5.74) is 4.54. The zero-order chi connectivity index (χ0) is 26.7. The highest BCUT2D eigenvalue weighted by Gasteiger charge is 2.47. The molecule has 0 aromatic heterocycles. The lowest BCUT2D eigenvalue weighted by atomic mass is 9.84. The van der Waals surface area contributed by atoms with E-state index in [0.29, 0.717) is 12.1 Å². The number of hydrogen-bond donors (Lipinski definition) is 2. The number of amides is 1. The van der Waals surface area contributed by atoms with Gasteiger partial charge in [0, 0.05) is 28.6 Å². The van der Waals surface area contributed by atoms with Crippen LogP contribution in [0.25, 0.3) is 0 Å². The van der Waals surface area contributed by atoms with Crippen molar-refractivity contribution in [2.24, 2.45) is 0 Å². The quantitative estimate of drug-likeness (QED) is 0.337. The predicted molar refractivity (Wildman–Crippen MR) is 147 cm³/mol. The molecule has 8 heteroatoms. The van der Waals surface area contributed by atoms with Crippen LogP contribution in [0.5, 0.6) is 5.75 Å². The number of thioether (sulfide) groups is 1. The van der Waals surface area contributed by atoms with Gasteiger partial charge in [0.2, 0.25) is 0 Å². The van der Waals surface area contributed by atoms with E-state index in [-0.39, 0.29) is 5.92 Å². The summed E-state index contributed by atoms with van der Waals surface area (Å²) in [6.45, 7) is 3.13. The summed E-state index contributed by atoms with van der Waals surface area (Å²) in [7, 11) is 2.87. The Kier molecular flexibility index (Phi) is 7.74. The van der Waals surface area contributed by atoms with Crippen molar-refractivity contribution in [3.63, 3.8) is 0 Å². The molecule has 2 heterocycles. The molecule has 3 aromatic carbocycles. The number of methoxy groups -OCH3 is 2. The van der Waals surface area contributed by atoms with E-state index in [4.69, 9.17) is 4.74 Å². The SMILES string of the molecule is COC(=O)C(=O)Nc1ccc(C2(O)Sc3ccccc3C2Cc2ccc(CN3CCCC3)c(OC)c2)cc1. The monoisotopic (exact) mass is 532 g/mol. The van der Waals surface area contributed by atoms with Crippen LogP contribution in [0.4, 0.5) is 5.69 Å². The second-order valence-corrected chi connectivity index (χ2v) is 11.0. The number of aliphatic hydroxyl groups is 1. The van der Waals surface area contributed by atoms with Gasteiger partial charge in [-0.25, -0.2) is 4.79 Å². The number of carbonyl (C=O) groups is 2. The van der Waals surface area contributed by atoms with Crippen molar-refractivity contribution in [2.75, 3.05) is 32.6 Å². The van der Waals surface area contributed by atoms with Gasteiger partial charge in [0.25, 0.3) is 0 Å². The Morgan fingerprint density at radius 3 is 2.50 bits per heavy atom. The Labute approximate surface area is 227 Å². The van der Waals surface area contributed by atoms with E-state index in [1.165, 1.54) is 30.2 Å². The van der Waals surface area contributed by atoms with Gasteiger partial charge in [0.1, 0.15) is 10.7 Å². The molecule has 2 unspecified atom stereocenters. The molecule has 3 aromatic rings. The van der Waals surface area contributed by atoms with E-state index < -0.39 is 16.8 Å². The summed E-state index contributed by atoms with van der Waals surface area (Å²) in [6, 6.07) is 21.4. The highest BCUT2D eigenvalue weighted by atomic mass is 32.2. The average Bonchev–Trinajstić information content (AvgIpc) is 3.55. The Morgan fingerprint density at radius 2 is 1.79 bits per heavy atom. The van der Waals surface area contributed by atoms with Crippen LogP contribution in [-0.2, 0) is 32.2 Å². The molecule has 38 heavy (non-hydrogen) atoms. The minimum atomic E-state index is -1.21. The molecule has 2 aliphatic rings. The molecule has 0 bridgehead atoms. The van der Waals surface area contributed by atoms with E-state index in [0.717, 1.165) is 54.1 Å². The van der Waals surface area contributed by atoms with Crippen LogP contribution in [0, 0.1) is 0 Å². The topological polar surface area (TPSA) is 88.1 Å². The van der Waals surface area contributed by atoms with E-state index in [9.17, 15) is 14.7 Å². The number of esters is 1. The maximum atomic E-state index is 12.1. The molecule has 0 saturated carbocycles. The molecule has 1 saturated heterocycles. The molecule has 2 N–H and O–H groups in total. The van der Waals surface area contributed by atoms with Gasteiger partial charge in [-0.2, -0.15) is 0 Å². The second kappa shape index (κ2) is 11.2. The molecule has 5 rings (SSSR count). The summed E-state index contributed by atoms with van der Waals surface area (Å²) in [5, 5.41) is 14.7. The molecular weight excluding hydrogens is 500 g/mol. The van der Waals surface area contributed by atoms with Crippen LogP contribution in [0.15, 0.2) is 71.6 Å². The first-order chi connectivity index (χ1) is 18.4. The average molecular weight is 533 g/mol. The van der Waals surface area contributed by atoms with Crippen LogP contribution in [0.2, 0.25) is 0 Å². The maximum absolute atomic E-state index is 12.1. The fraction of sp³-hybridized carbons (Fsp3) is 0.333. The number of nitrogens with zero attached hydrogens (tertiary/aromatic N) is 1. The van der Waals surface area contributed by atoms with Crippen LogP contribution in [0.1, 0.15) is 41.0 Å². The smallest absolute Gasteiger partial charge is 0.396 e. The molecule has 2 atom stereocenters. The molecule has 0 aliphatic carbocycles. The Balaban J connectivity index is 1.41. The summed E-state index contributed by atoms with van der Waals surface area (Å²) in [5.74, 6) is -1.13. The third-order valence-electron chi connectivity index (χ3n) is 7.34. The zero-order valence-electron chi connectivity index (χ0n) is 21.6. The van der Waals surface area contributed by atoms with Crippen molar-refractivity contribution in [1.29, 1.82) is 0 Å². The largest absolute Gasteiger partial charge is 0.496 e. The number of anilines is 1. The first-order valence-corrected chi connectivity index (χ1v) is 13.6. The first kappa shape index (κ1) is 26.3. The van der Waals surface area contributed by atoms with Gasteiger partial charge in [0.15, 0.2) is 0 Å². The highest BCUT2D eigenvalue weighted by molar-refractivity contribution is 8.00. The van der Waals surface area contributed by atoms with Crippen molar-refractivity contribution in [2.45, 2.75) is 41.6 Å².